The van der Waals surface area contributed by atoms with E-state index >= 15 is 0 Å². The van der Waals surface area contributed by atoms with E-state index in [9.17, 15) is 0 Å². The third-order valence-electron chi connectivity index (χ3n) is 6.49. The first-order valence-corrected chi connectivity index (χ1v) is 11.8. The van der Waals surface area contributed by atoms with Crippen LogP contribution in [0, 0.1) is 11.8 Å². The topological polar surface area (TPSA) is 35.0 Å². The highest BCUT2D eigenvalue weighted by Crippen LogP contribution is 2.33. The van der Waals surface area contributed by atoms with Crippen LogP contribution in [0.3, 0.4) is 0 Å². The molecule has 0 radical (unpaired) electrons. The SMILES string of the molecule is CCCCCCOc1cnc(-c2ccc(CCC3CCC(CC)CC3)cc2)nc1. The van der Waals surface area contributed by atoms with Gasteiger partial charge in [-0.25, -0.2) is 9.97 Å². The Balaban J connectivity index is 1.43. The van der Waals surface area contributed by atoms with Crippen LogP contribution in [0.1, 0.15) is 83.6 Å². The van der Waals surface area contributed by atoms with Crippen molar-refractivity contribution in [3.63, 3.8) is 0 Å². The van der Waals surface area contributed by atoms with Crippen LogP contribution >= 0.6 is 0 Å². The molecule has 1 aliphatic rings. The van der Waals surface area contributed by atoms with E-state index < -0.39 is 0 Å². The molecule has 0 unspecified atom stereocenters. The van der Waals surface area contributed by atoms with Gasteiger partial charge in [0.05, 0.1) is 19.0 Å². The quantitative estimate of drug-likeness (QED) is 0.376. The number of ether oxygens (including phenoxy) is 1. The normalized spacial score (nSPS) is 19.2. The number of nitrogens with zero attached hydrogens (tertiary/aromatic N) is 2. The highest BCUT2D eigenvalue weighted by atomic mass is 16.5. The maximum Gasteiger partial charge on any atom is 0.159 e. The van der Waals surface area contributed by atoms with Gasteiger partial charge in [0, 0.05) is 5.56 Å². The molecule has 2 aromatic rings. The summed E-state index contributed by atoms with van der Waals surface area (Å²) in [6.07, 6.45) is 18.0. The summed E-state index contributed by atoms with van der Waals surface area (Å²) in [6.45, 7) is 5.31. The lowest BCUT2D eigenvalue weighted by Crippen LogP contribution is -2.14. The molecule has 3 heteroatoms. The van der Waals surface area contributed by atoms with E-state index in [1.165, 1.54) is 69.8 Å². The van der Waals surface area contributed by atoms with Gasteiger partial charge < -0.3 is 4.74 Å². The maximum absolute atomic E-state index is 5.74. The minimum Gasteiger partial charge on any atom is -0.490 e. The van der Waals surface area contributed by atoms with E-state index in [-0.39, 0.29) is 0 Å². The summed E-state index contributed by atoms with van der Waals surface area (Å²) in [7, 11) is 0. The minimum absolute atomic E-state index is 0.748. The van der Waals surface area contributed by atoms with Crippen molar-refractivity contribution < 1.29 is 4.74 Å². The fourth-order valence-corrected chi connectivity index (χ4v) is 4.38. The van der Waals surface area contributed by atoms with Gasteiger partial charge in [0.1, 0.15) is 0 Å². The second-order valence-electron chi connectivity index (χ2n) is 8.68. The number of hydrogen-bond acceptors (Lipinski definition) is 3. The zero-order valence-electron chi connectivity index (χ0n) is 18.4. The average molecular weight is 395 g/mol. The van der Waals surface area contributed by atoms with Crippen LogP contribution in [0.15, 0.2) is 36.7 Å². The Labute approximate surface area is 177 Å². The summed E-state index contributed by atoms with van der Waals surface area (Å²) >= 11 is 0. The standard InChI is InChI=1S/C26H38N2O/c1-3-5-6-7-18-29-25-19-27-26(28-20-25)24-16-14-23(15-17-24)13-12-22-10-8-21(4-2)9-11-22/h14-17,19-22H,3-13,18H2,1-2H3. The van der Waals surface area contributed by atoms with Gasteiger partial charge >= 0.3 is 0 Å². The molecule has 3 nitrogen and oxygen atoms in total. The van der Waals surface area contributed by atoms with Gasteiger partial charge in [0.2, 0.25) is 0 Å². The van der Waals surface area contributed by atoms with Crippen LogP contribution in [0.25, 0.3) is 11.4 Å². The average Bonchev–Trinajstić information content (AvgIpc) is 2.79. The molecule has 0 saturated heterocycles. The molecule has 0 N–H and O–H groups in total. The molecule has 1 aromatic carbocycles. The van der Waals surface area contributed by atoms with Crippen molar-refractivity contribution in [3.8, 4) is 17.1 Å². The molecule has 0 amide bonds. The predicted octanol–water partition coefficient (Wildman–Crippen LogP) is 7.25. The highest BCUT2D eigenvalue weighted by molar-refractivity contribution is 5.55. The van der Waals surface area contributed by atoms with Gasteiger partial charge in [-0.3, -0.25) is 0 Å². The fourth-order valence-electron chi connectivity index (χ4n) is 4.38. The molecular formula is C26H38N2O. The van der Waals surface area contributed by atoms with E-state index in [4.69, 9.17) is 4.74 Å². The van der Waals surface area contributed by atoms with Gasteiger partial charge in [-0.1, -0.05) is 89.5 Å². The fraction of sp³-hybridized carbons (Fsp3) is 0.615. The lowest BCUT2D eigenvalue weighted by Gasteiger charge is -2.27. The number of rotatable bonds is 11. The van der Waals surface area contributed by atoms with Gasteiger partial charge in [-0.15, -0.1) is 0 Å². The Bertz CT molecular complexity index is 688. The van der Waals surface area contributed by atoms with Gasteiger partial charge in [0.15, 0.2) is 11.6 Å². The zero-order valence-corrected chi connectivity index (χ0v) is 18.4. The molecule has 29 heavy (non-hydrogen) atoms. The first-order chi connectivity index (χ1) is 14.3. The molecule has 0 aliphatic heterocycles. The Morgan fingerprint density at radius 1 is 0.862 bits per heavy atom. The first kappa shape index (κ1) is 21.8. The Kier molecular flexibility index (Phi) is 8.98. The summed E-state index contributed by atoms with van der Waals surface area (Å²) < 4.78 is 5.74. The Morgan fingerprint density at radius 3 is 2.21 bits per heavy atom. The molecule has 158 valence electrons. The van der Waals surface area contributed by atoms with Crippen LogP contribution in [0.4, 0.5) is 0 Å². The summed E-state index contributed by atoms with van der Waals surface area (Å²) in [6, 6.07) is 8.80. The summed E-state index contributed by atoms with van der Waals surface area (Å²) in [5.74, 6) is 3.45. The maximum atomic E-state index is 5.74. The van der Waals surface area contributed by atoms with Crippen molar-refractivity contribution >= 4 is 0 Å². The van der Waals surface area contributed by atoms with E-state index in [2.05, 4.69) is 48.1 Å². The van der Waals surface area contributed by atoms with Crippen molar-refractivity contribution in [2.45, 2.75) is 84.5 Å². The molecule has 0 spiro atoms. The Morgan fingerprint density at radius 2 is 1.55 bits per heavy atom. The highest BCUT2D eigenvalue weighted by Gasteiger charge is 2.19. The van der Waals surface area contributed by atoms with E-state index in [0.717, 1.165) is 42.0 Å². The number of aryl methyl sites for hydroxylation is 1. The molecule has 0 atom stereocenters. The number of hydrogen-bond donors (Lipinski definition) is 0. The first-order valence-electron chi connectivity index (χ1n) is 11.8. The van der Waals surface area contributed by atoms with Crippen molar-refractivity contribution in [1.29, 1.82) is 0 Å². The van der Waals surface area contributed by atoms with Crippen LogP contribution in [-0.4, -0.2) is 16.6 Å². The number of unbranched alkanes of at least 4 members (excludes halogenated alkanes) is 3. The van der Waals surface area contributed by atoms with Crippen LogP contribution in [0.2, 0.25) is 0 Å². The van der Waals surface area contributed by atoms with Gasteiger partial charge in [-0.2, -0.15) is 0 Å². The third kappa shape index (κ3) is 7.13. The van der Waals surface area contributed by atoms with Gasteiger partial charge in [0.25, 0.3) is 0 Å². The lowest BCUT2D eigenvalue weighted by atomic mass is 9.78. The lowest BCUT2D eigenvalue weighted by molar-refractivity contribution is 0.259. The molecule has 1 saturated carbocycles. The van der Waals surface area contributed by atoms with Gasteiger partial charge in [-0.05, 0) is 36.7 Å². The minimum atomic E-state index is 0.748. The molecule has 1 fully saturated rings. The van der Waals surface area contributed by atoms with Crippen molar-refractivity contribution in [1.82, 2.24) is 9.97 Å². The van der Waals surface area contributed by atoms with Crippen molar-refractivity contribution in [2.75, 3.05) is 6.61 Å². The third-order valence-corrected chi connectivity index (χ3v) is 6.49. The van der Waals surface area contributed by atoms with Crippen molar-refractivity contribution in [2.24, 2.45) is 11.8 Å². The molecule has 1 aromatic heterocycles. The second-order valence-corrected chi connectivity index (χ2v) is 8.68. The molecule has 1 aliphatic carbocycles. The number of aromatic nitrogens is 2. The molecular weight excluding hydrogens is 356 g/mol. The largest absolute Gasteiger partial charge is 0.490 e. The summed E-state index contributed by atoms with van der Waals surface area (Å²) in [4.78, 5) is 8.98. The predicted molar refractivity (Wildman–Crippen MR) is 121 cm³/mol. The second kappa shape index (κ2) is 11.9. The van der Waals surface area contributed by atoms with E-state index in [1.54, 1.807) is 12.4 Å². The molecule has 3 rings (SSSR count). The monoisotopic (exact) mass is 394 g/mol. The van der Waals surface area contributed by atoms with E-state index in [1.807, 2.05) is 0 Å². The molecule has 1 heterocycles. The summed E-state index contributed by atoms with van der Waals surface area (Å²) in [5.41, 5.74) is 2.50. The van der Waals surface area contributed by atoms with Crippen LogP contribution in [0.5, 0.6) is 5.75 Å². The van der Waals surface area contributed by atoms with Crippen LogP contribution in [-0.2, 0) is 6.42 Å². The Hall–Kier alpha value is -1.90. The number of benzene rings is 1. The van der Waals surface area contributed by atoms with Crippen LogP contribution < -0.4 is 4.74 Å². The zero-order chi connectivity index (χ0) is 20.3. The summed E-state index contributed by atoms with van der Waals surface area (Å²) in [5, 5.41) is 0. The van der Waals surface area contributed by atoms with E-state index in [0.29, 0.717) is 0 Å². The smallest absolute Gasteiger partial charge is 0.159 e. The molecule has 0 bridgehead atoms. The van der Waals surface area contributed by atoms with Crippen molar-refractivity contribution in [3.05, 3.63) is 42.2 Å².